The molecule has 2 aromatic rings. The predicted molar refractivity (Wildman–Crippen MR) is 43.4 cm³/mol. The lowest BCUT2D eigenvalue weighted by atomic mass is 10.2. The number of hydrogen-bond acceptors (Lipinski definition) is 1. The van der Waals surface area contributed by atoms with E-state index in [1.165, 1.54) is 24.3 Å². The second-order valence-corrected chi connectivity index (χ2v) is 2.47. The Morgan fingerprint density at radius 2 is 2.25 bits per heavy atom. The fraction of sp³-hybridized carbons (Fsp3) is 0. The summed E-state index contributed by atoms with van der Waals surface area (Å²) in [7, 11) is 0. The molecule has 2 nitrogen and oxygen atoms in total. The first-order valence-corrected chi connectivity index (χ1v) is 3.46. The second kappa shape index (κ2) is 2.44. The van der Waals surface area contributed by atoms with Crippen molar-refractivity contribution in [3.8, 4) is 0 Å². The first-order valence-electron chi connectivity index (χ1n) is 3.46. The van der Waals surface area contributed by atoms with Crippen molar-refractivity contribution in [1.29, 1.82) is 0 Å². The molecule has 59 valence electrons. The number of benzene rings is 1. The lowest BCUT2D eigenvalue weighted by molar-refractivity contribution is 0.629. The van der Waals surface area contributed by atoms with E-state index < -0.39 is 0 Å². The Bertz CT molecular complexity index is 475. The highest BCUT2D eigenvalue weighted by Gasteiger charge is 1.97. The van der Waals surface area contributed by atoms with E-state index in [0.29, 0.717) is 10.9 Å². The molecular formula is C9H5FNO. The van der Waals surface area contributed by atoms with Gasteiger partial charge in [-0.1, -0.05) is 0 Å². The summed E-state index contributed by atoms with van der Waals surface area (Å²) in [6.45, 7) is 0. The molecule has 1 aromatic heterocycles. The molecule has 1 aromatic carbocycles. The number of nitrogens with one attached hydrogen (secondary N) is 1. The van der Waals surface area contributed by atoms with Crippen LogP contribution in [0.2, 0.25) is 0 Å². The summed E-state index contributed by atoms with van der Waals surface area (Å²) in [5.74, 6) is -0.363. The van der Waals surface area contributed by atoms with E-state index in [4.69, 9.17) is 0 Å². The number of pyridine rings is 1. The molecule has 1 N–H and O–H groups in total. The molecule has 0 atom stereocenters. The highest BCUT2D eigenvalue weighted by atomic mass is 19.1. The maximum Gasteiger partial charge on any atom is 0.190 e. The van der Waals surface area contributed by atoms with Crippen molar-refractivity contribution in [2.45, 2.75) is 0 Å². The minimum atomic E-state index is -0.363. The summed E-state index contributed by atoms with van der Waals surface area (Å²) in [4.78, 5) is 13.8. The number of aromatic amines is 1. The predicted octanol–water partition coefficient (Wildman–Crippen LogP) is 1.47. The van der Waals surface area contributed by atoms with Crippen LogP contribution in [0.4, 0.5) is 4.39 Å². The van der Waals surface area contributed by atoms with Crippen LogP contribution < -0.4 is 5.43 Å². The maximum atomic E-state index is 12.6. The van der Waals surface area contributed by atoms with Gasteiger partial charge >= 0.3 is 0 Å². The fourth-order valence-electron chi connectivity index (χ4n) is 1.09. The zero-order valence-corrected chi connectivity index (χ0v) is 6.10. The molecule has 0 aliphatic rings. The van der Waals surface area contributed by atoms with Crippen molar-refractivity contribution in [3.05, 3.63) is 46.5 Å². The summed E-state index contributed by atoms with van der Waals surface area (Å²) in [5, 5.41) is 0.482. The van der Waals surface area contributed by atoms with Gasteiger partial charge in [0.2, 0.25) is 0 Å². The molecule has 0 saturated heterocycles. The number of halogens is 1. The van der Waals surface area contributed by atoms with Crippen molar-refractivity contribution in [3.63, 3.8) is 0 Å². The molecule has 0 fully saturated rings. The Balaban J connectivity index is 2.96. The smallest absolute Gasteiger partial charge is 0.190 e. The molecular weight excluding hydrogens is 157 g/mol. The van der Waals surface area contributed by atoms with Gasteiger partial charge in [0.15, 0.2) is 5.43 Å². The van der Waals surface area contributed by atoms with E-state index in [1.807, 2.05) is 0 Å². The summed E-state index contributed by atoms with van der Waals surface area (Å²) >= 11 is 0. The van der Waals surface area contributed by atoms with Gasteiger partial charge in [0, 0.05) is 11.5 Å². The highest BCUT2D eigenvalue weighted by Crippen LogP contribution is 2.07. The maximum absolute atomic E-state index is 12.6. The third kappa shape index (κ3) is 0.993. The van der Waals surface area contributed by atoms with Gasteiger partial charge in [-0.25, -0.2) is 4.39 Å². The minimum absolute atomic E-state index is 0.149. The van der Waals surface area contributed by atoms with Gasteiger partial charge in [-0.15, -0.1) is 0 Å². The van der Waals surface area contributed by atoms with E-state index in [-0.39, 0.29) is 11.2 Å². The lowest BCUT2D eigenvalue weighted by Gasteiger charge is -1.94. The van der Waals surface area contributed by atoms with Crippen molar-refractivity contribution in [2.24, 2.45) is 0 Å². The first kappa shape index (κ1) is 7.03. The van der Waals surface area contributed by atoms with Crippen LogP contribution in [0, 0.1) is 12.0 Å². The monoisotopic (exact) mass is 162 g/mol. The van der Waals surface area contributed by atoms with Crippen LogP contribution in [0.3, 0.4) is 0 Å². The standard InChI is InChI=1S/C9H5FNO/c10-6-1-2-7-8(5-6)11-4-3-9(7)12/h1-3,5H,(H,11,12). The van der Waals surface area contributed by atoms with Crippen LogP contribution in [0.5, 0.6) is 0 Å². The van der Waals surface area contributed by atoms with Crippen molar-refractivity contribution < 1.29 is 4.39 Å². The van der Waals surface area contributed by atoms with E-state index in [9.17, 15) is 9.18 Å². The zero-order chi connectivity index (χ0) is 8.55. The minimum Gasteiger partial charge on any atom is -0.353 e. The van der Waals surface area contributed by atoms with E-state index in [0.717, 1.165) is 0 Å². The normalized spacial score (nSPS) is 10.4. The van der Waals surface area contributed by atoms with Gasteiger partial charge in [0.05, 0.1) is 11.7 Å². The topological polar surface area (TPSA) is 32.9 Å². The summed E-state index contributed by atoms with van der Waals surface area (Å²) in [6, 6.07) is 5.28. The van der Waals surface area contributed by atoms with Crippen molar-refractivity contribution in [1.82, 2.24) is 4.98 Å². The molecule has 0 aliphatic carbocycles. The largest absolute Gasteiger partial charge is 0.353 e. The molecule has 0 saturated carbocycles. The molecule has 1 radical (unpaired) electrons. The van der Waals surface area contributed by atoms with Gasteiger partial charge in [-0.3, -0.25) is 4.79 Å². The molecule has 0 unspecified atom stereocenters. The van der Waals surface area contributed by atoms with Gasteiger partial charge in [-0.2, -0.15) is 0 Å². The van der Waals surface area contributed by atoms with Gasteiger partial charge in [0.1, 0.15) is 5.82 Å². The van der Waals surface area contributed by atoms with Crippen LogP contribution in [-0.4, -0.2) is 4.98 Å². The fourth-order valence-corrected chi connectivity index (χ4v) is 1.09. The third-order valence-electron chi connectivity index (χ3n) is 1.66. The molecule has 0 amide bonds. The Morgan fingerprint density at radius 3 is 3.08 bits per heavy atom. The molecule has 12 heavy (non-hydrogen) atoms. The van der Waals surface area contributed by atoms with Gasteiger partial charge in [-0.05, 0) is 18.2 Å². The Hall–Kier alpha value is -1.64. The second-order valence-electron chi connectivity index (χ2n) is 2.47. The Labute approximate surface area is 67.7 Å². The lowest BCUT2D eigenvalue weighted by Crippen LogP contribution is -1.99. The average molecular weight is 162 g/mol. The molecule has 0 aliphatic heterocycles. The number of hydrogen-bond donors (Lipinski definition) is 1. The number of aromatic nitrogens is 1. The third-order valence-corrected chi connectivity index (χ3v) is 1.66. The number of rotatable bonds is 0. The molecule has 0 spiro atoms. The van der Waals surface area contributed by atoms with Crippen LogP contribution in [0.25, 0.3) is 10.9 Å². The molecule has 3 heteroatoms. The average Bonchev–Trinajstić information content (AvgIpc) is 2.04. The van der Waals surface area contributed by atoms with Gasteiger partial charge in [0.25, 0.3) is 0 Å². The van der Waals surface area contributed by atoms with Crippen LogP contribution in [0.15, 0.2) is 29.1 Å². The van der Waals surface area contributed by atoms with Crippen LogP contribution >= 0.6 is 0 Å². The molecule has 0 bridgehead atoms. The molecule has 2 rings (SSSR count). The van der Waals surface area contributed by atoms with E-state index >= 15 is 0 Å². The number of fused-ring (bicyclic) bond motifs is 1. The summed E-state index contributed by atoms with van der Waals surface area (Å²) < 4.78 is 12.6. The van der Waals surface area contributed by atoms with Crippen molar-refractivity contribution in [2.75, 3.05) is 0 Å². The quantitative estimate of drug-likeness (QED) is 0.625. The highest BCUT2D eigenvalue weighted by molar-refractivity contribution is 5.77. The Morgan fingerprint density at radius 1 is 1.42 bits per heavy atom. The SMILES string of the molecule is O=c1c[c][nH]c2cc(F)ccc12. The Kier molecular flexibility index (Phi) is 1.43. The van der Waals surface area contributed by atoms with Crippen LogP contribution in [-0.2, 0) is 0 Å². The van der Waals surface area contributed by atoms with Crippen LogP contribution in [0.1, 0.15) is 0 Å². The number of H-pyrrole nitrogens is 1. The summed E-state index contributed by atoms with van der Waals surface area (Å²) in [5.41, 5.74) is 0.325. The molecule has 1 heterocycles. The van der Waals surface area contributed by atoms with E-state index in [2.05, 4.69) is 11.2 Å². The zero-order valence-electron chi connectivity index (χ0n) is 6.10. The summed E-state index contributed by atoms with van der Waals surface area (Å²) in [6.07, 6.45) is 2.53. The van der Waals surface area contributed by atoms with E-state index in [1.54, 1.807) is 0 Å². The first-order chi connectivity index (χ1) is 5.77. The van der Waals surface area contributed by atoms with Crippen molar-refractivity contribution >= 4 is 10.9 Å². The van der Waals surface area contributed by atoms with Gasteiger partial charge < -0.3 is 4.98 Å².